The molecule has 0 bridgehead atoms. The molecule has 0 N–H and O–H groups in total. The minimum absolute atomic E-state index is 0.384. The normalized spacial score (nSPS) is 10.7. The van der Waals surface area contributed by atoms with Crippen LogP contribution in [0.4, 0.5) is 0 Å². The smallest absolute Gasteiger partial charge is 0.337 e. The number of aryl methyl sites for hydroxylation is 1. The van der Waals surface area contributed by atoms with E-state index in [2.05, 4.69) is 29.0 Å². The lowest BCUT2D eigenvalue weighted by molar-refractivity contribution is 0.0600. The van der Waals surface area contributed by atoms with Crippen molar-refractivity contribution < 1.29 is 14.3 Å². The molecular formula is C21H16N2O3S. The fraction of sp³-hybridized carbons (Fsp3) is 0.0952. The van der Waals surface area contributed by atoms with Crippen molar-refractivity contribution in [2.24, 2.45) is 0 Å². The maximum absolute atomic E-state index is 11.6. The van der Waals surface area contributed by atoms with Crippen molar-refractivity contribution in [3.63, 3.8) is 0 Å². The average Bonchev–Trinajstić information content (AvgIpc) is 3.05. The van der Waals surface area contributed by atoms with Crippen molar-refractivity contribution in [1.82, 2.24) is 9.97 Å². The summed E-state index contributed by atoms with van der Waals surface area (Å²) in [6, 6.07) is 16.9. The second kappa shape index (κ2) is 7.17. The fourth-order valence-electron chi connectivity index (χ4n) is 2.94. The molecule has 4 aromatic rings. The van der Waals surface area contributed by atoms with Gasteiger partial charge in [0.1, 0.15) is 16.9 Å². The summed E-state index contributed by atoms with van der Waals surface area (Å²) in [5.41, 5.74) is 2.65. The van der Waals surface area contributed by atoms with Crippen molar-refractivity contribution in [2.75, 3.05) is 7.11 Å². The van der Waals surface area contributed by atoms with Gasteiger partial charge in [-0.15, -0.1) is 11.3 Å². The third-order valence-electron chi connectivity index (χ3n) is 4.18. The second-order valence-electron chi connectivity index (χ2n) is 5.88. The first kappa shape index (κ1) is 17.2. The fourth-order valence-corrected chi connectivity index (χ4v) is 3.94. The number of ether oxygens (including phenoxy) is 2. The van der Waals surface area contributed by atoms with E-state index in [1.54, 1.807) is 35.6 Å². The van der Waals surface area contributed by atoms with Crippen molar-refractivity contribution in [3.8, 4) is 22.8 Å². The number of hydrogen-bond acceptors (Lipinski definition) is 6. The average molecular weight is 376 g/mol. The minimum atomic E-state index is -0.384. The molecule has 0 aliphatic rings. The molecule has 0 amide bonds. The number of thiophene rings is 1. The molecule has 2 heterocycles. The van der Waals surface area contributed by atoms with Crippen molar-refractivity contribution >= 4 is 27.5 Å². The Morgan fingerprint density at radius 1 is 1.00 bits per heavy atom. The van der Waals surface area contributed by atoms with Crippen LogP contribution in [0.2, 0.25) is 0 Å². The number of carbonyl (C=O) groups is 1. The van der Waals surface area contributed by atoms with Gasteiger partial charge >= 0.3 is 5.97 Å². The Hall–Kier alpha value is -3.25. The van der Waals surface area contributed by atoms with Crippen LogP contribution in [0.15, 0.2) is 60.9 Å². The summed E-state index contributed by atoms with van der Waals surface area (Å²) in [5.74, 6) is 0.699. The molecule has 0 aliphatic heterocycles. The summed E-state index contributed by atoms with van der Waals surface area (Å²) < 4.78 is 10.8. The van der Waals surface area contributed by atoms with Gasteiger partial charge in [0.2, 0.25) is 5.88 Å². The van der Waals surface area contributed by atoms with Crippen LogP contribution < -0.4 is 4.74 Å². The van der Waals surface area contributed by atoms with Crippen molar-refractivity contribution in [2.45, 2.75) is 6.92 Å². The number of esters is 1. The van der Waals surface area contributed by atoms with E-state index in [0.717, 1.165) is 26.2 Å². The Morgan fingerprint density at radius 3 is 2.44 bits per heavy atom. The molecule has 5 nitrogen and oxygen atoms in total. The molecule has 2 aromatic carbocycles. The van der Waals surface area contributed by atoms with Crippen LogP contribution in [0.1, 0.15) is 15.2 Å². The first-order valence-corrected chi connectivity index (χ1v) is 9.15. The van der Waals surface area contributed by atoms with Gasteiger partial charge in [0.25, 0.3) is 0 Å². The Kier molecular flexibility index (Phi) is 4.56. The maximum atomic E-state index is 11.6. The van der Waals surface area contributed by atoms with Gasteiger partial charge in [-0.25, -0.2) is 14.8 Å². The second-order valence-corrected chi connectivity index (χ2v) is 7.08. The highest BCUT2D eigenvalue weighted by molar-refractivity contribution is 7.19. The van der Waals surface area contributed by atoms with E-state index in [9.17, 15) is 4.79 Å². The van der Waals surface area contributed by atoms with E-state index in [0.29, 0.717) is 17.2 Å². The summed E-state index contributed by atoms with van der Waals surface area (Å²) in [7, 11) is 1.36. The Balaban J connectivity index is 1.77. The van der Waals surface area contributed by atoms with Crippen LogP contribution in [-0.2, 0) is 4.74 Å². The molecule has 2 aromatic heterocycles. The molecule has 0 atom stereocenters. The van der Waals surface area contributed by atoms with E-state index in [4.69, 9.17) is 9.47 Å². The monoisotopic (exact) mass is 376 g/mol. The summed E-state index contributed by atoms with van der Waals surface area (Å²) in [5, 5.41) is 0.892. The largest absolute Gasteiger partial charge is 0.465 e. The summed E-state index contributed by atoms with van der Waals surface area (Å²) >= 11 is 1.62. The third-order valence-corrected chi connectivity index (χ3v) is 5.20. The lowest BCUT2D eigenvalue weighted by Crippen LogP contribution is -2.00. The van der Waals surface area contributed by atoms with E-state index < -0.39 is 0 Å². The standard InChI is InChI=1S/C21H16N2O3S/c1-13-17(14-6-4-3-5-7-14)18-19(22-12-23-20(18)27-13)26-16-10-8-15(9-11-16)21(24)25-2/h3-12H,1-2H3. The van der Waals surface area contributed by atoms with E-state index in [-0.39, 0.29) is 5.97 Å². The molecule has 134 valence electrons. The Bertz CT molecular complexity index is 1110. The predicted molar refractivity (Wildman–Crippen MR) is 105 cm³/mol. The molecule has 0 spiro atoms. The first-order valence-electron chi connectivity index (χ1n) is 8.33. The molecule has 0 aliphatic carbocycles. The lowest BCUT2D eigenvalue weighted by Gasteiger charge is -2.08. The van der Waals surface area contributed by atoms with Crippen LogP contribution in [-0.4, -0.2) is 23.0 Å². The van der Waals surface area contributed by atoms with Crippen LogP contribution >= 0.6 is 11.3 Å². The van der Waals surface area contributed by atoms with E-state index >= 15 is 0 Å². The lowest BCUT2D eigenvalue weighted by atomic mass is 10.0. The Labute approximate surface area is 160 Å². The van der Waals surface area contributed by atoms with Crippen LogP contribution in [0.5, 0.6) is 11.6 Å². The zero-order chi connectivity index (χ0) is 18.8. The van der Waals surface area contributed by atoms with Gasteiger partial charge < -0.3 is 9.47 Å². The summed E-state index contributed by atoms with van der Waals surface area (Å²) in [6.45, 7) is 2.07. The first-order chi connectivity index (χ1) is 13.2. The van der Waals surface area contributed by atoms with E-state index in [1.165, 1.54) is 13.4 Å². The maximum Gasteiger partial charge on any atom is 0.337 e. The van der Waals surface area contributed by atoms with Crippen molar-refractivity contribution in [1.29, 1.82) is 0 Å². The van der Waals surface area contributed by atoms with Crippen LogP contribution in [0, 0.1) is 6.92 Å². The number of rotatable bonds is 4. The van der Waals surface area contributed by atoms with Gasteiger partial charge in [-0.1, -0.05) is 30.3 Å². The van der Waals surface area contributed by atoms with Gasteiger partial charge in [-0.05, 0) is 36.8 Å². The molecule has 27 heavy (non-hydrogen) atoms. The Morgan fingerprint density at radius 2 is 1.74 bits per heavy atom. The molecule has 4 rings (SSSR count). The van der Waals surface area contributed by atoms with Gasteiger partial charge in [0.15, 0.2) is 0 Å². The molecule has 0 radical (unpaired) electrons. The highest BCUT2D eigenvalue weighted by Gasteiger charge is 2.18. The number of methoxy groups -OCH3 is 1. The van der Waals surface area contributed by atoms with Gasteiger partial charge in [0.05, 0.1) is 18.1 Å². The summed E-state index contributed by atoms with van der Waals surface area (Å²) in [6.07, 6.45) is 1.51. The van der Waals surface area contributed by atoms with Gasteiger partial charge in [-0.3, -0.25) is 0 Å². The van der Waals surface area contributed by atoms with Crippen molar-refractivity contribution in [3.05, 3.63) is 71.4 Å². The van der Waals surface area contributed by atoms with Crippen LogP contribution in [0.25, 0.3) is 21.3 Å². The molecule has 6 heteroatoms. The number of benzene rings is 2. The zero-order valence-electron chi connectivity index (χ0n) is 14.8. The quantitative estimate of drug-likeness (QED) is 0.456. The SMILES string of the molecule is COC(=O)c1ccc(Oc2ncnc3sc(C)c(-c4ccccc4)c23)cc1. The minimum Gasteiger partial charge on any atom is -0.465 e. The number of fused-ring (bicyclic) bond motifs is 1. The van der Waals surface area contributed by atoms with E-state index in [1.807, 2.05) is 18.2 Å². The molecule has 0 fully saturated rings. The number of hydrogen-bond donors (Lipinski definition) is 0. The van der Waals surface area contributed by atoms with Gasteiger partial charge in [0, 0.05) is 10.4 Å². The number of nitrogens with zero attached hydrogens (tertiary/aromatic N) is 2. The van der Waals surface area contributed by atoms with Gasteiger partial charge in [-0.2, -0.15) is 0 Å². The highest BCUT2D eigenvalue weighted by Crippen LogP contribution is 2.42. The third kappa shape index (κ3) is 3.27. The topological polar surface area (TPSA) is 61.3 Å². The molecule has 0 unspecified atom stereocenters. The molecular weight excluding hydrogens is 360 g/mol. The number of aromatic nitrogens is 2. The number of carbonyl (C=O) groups excluding carboxylic acids is 1. The molecule has 0 saturated carbocycles. The molecule has 0 saturated heterocycles. The van der Waals surface area contributed by atoms with Crippen LogP contribution in [0.3, 0.4) is 0 Å². The zero-order valence-corrected chi connectivity index (χ0v) is 15.6. The highest BCUT2D eigenvalue weighted by atomic mass is 32.1. The summed E-state index contributed by atoms with van der Waals surface area (Å²) in [4.78, 5) is 22.4. The predicted octanol–water partition coefficient (Wildman–Crippen LogP) is 5.25.